The van der Waals surface area contributed by atoms with Crippen LogP contribution in [0.4, 0.5) is 11.4 Å². The first-order valence-electron chi connectivity index (χ1n) is 6.10. The van der Waals surface area contributed by atoms with Crippen LogP contribution in [0.1, 0.15) is 13.8 Å². The lowest BCUT2D eigenvalue weighted by molar-refractivity contribution is -0.119. The van der Waals surface area contributed by atoms with Gasteiger partial charge in [-0.2, -0.15) is 0 Å². The van der Waals surface area contributed by atoms with Crippen molar-refractivity contribution >= 4 is 35.0 Å². The Labute approximate surface area is 116 Å². The monoisotopic (exact) mass is 279 g/mol. The van der Waals surface area contributed by atoms with Crippen LogP contribution in [0.2, 0.25) is 0 Å². The summed E-state index contributed by atoms with van der Waals surface area (Å²) in [6.45, 7) is 3.59. The molecule has 0 saturated carbocycles. The van der Waals surface area contributed by atoms with Gasteiger partial charge in [0.25, 0.3) is 0 Å². The molecule has 0 spiro atoms. The molecule has 1 aromatic rings. The van der Waals surface area contributed by atoms with Crippen molar-refractivity contribution in [3.05, 3.63) is 18.2 Å². The van der Waals surface area contributed by atoms with Gasteiger partial charge in [-0.3, -0.25) is 9.59 Å². The fourth-order valence-electron chi connectivity index (χ4n) is 1.66. The van der Waals surface area contributed by atoms with Crippen molar-refractivity contribution < 1.29 is 9.59 Å². The van der Waals surface area contributed by atoms with E-state index in [1.54, 1.807) is 19.9 Å². The molecule has 6 heteroatoms. The smallest absolute Gasteiger partial charge is 0.234 e. The van der Waals surface area contributed by atoms with E-state index in [-0.39, 0.29) is 23.8 Å². The number of benzene rings is 1. The summed E-state index contributed by atoms with van der Waals surface area (Å²) in [7, 11) is 0. The number of amides is 2. The van der Waals surface area contributed by atoms with Gasteiger partial charge in [-0.05, 0) is 25.1 Å². The van der Waals surface area contributed by atoms with E-state index in [2.05, 4.69) is 10.6 Å². The van der Waals surface area contributed by atoms with Crippen LogP contribution in [0.3, 0.4) is 0 Å². The Bertz CT molecular complexity index is 517. The summed E-state index contributed by atoms with van der Waals surface area (Å²) < 4.78 is 0. The number of carbonyl (C=O) groups is 2. The van der Waals surface area contributed by atoms with Crippen molar-refractivity contribution in [3.63, 3.8) is 0 Å². The lowest BCUT2D eigenvalue weighted by atomic mass is 10.0. The molecule has 0 radical (unpaired) electrons. The highest BCUT2D eigenvalue weighted by molar-refractivity contribution is 8.00. The molecule has 0 aromatic heterocycles. The molecular formula is C13H17N3O2S. The Hall–Kier alpha value is -1.53. The van der Waals surface area contributed by atoms with Crippen molar-refractivity contribution in [2.24, 2.45) is 11.7 Å². The number of hydrogen-bond donors (Lipinski definition) is 3. The first-order valence-corrected chi connectivity index (χ1v) is 7.09. The summed E-state index contributed by atoms with van der Waals surface area (Å²) >= 11 is 1.49. The molecule has 19 heavy (non-hydrogen) atoms. The summed E-state index contributed by atoms with van der Waals surface area (Å²) in [5.41, 5.74) is 7.11. The summed E-state index contributed by atoms with van der Waals surface area (Å²) in [5, 5.41) is 5.60. The van der Waals surface area contributed by atoms with E-state index in [0.29, 0.717) is 11.4 Å². The molecule has 2 unspecified atom stereocenters. The van der Waals surface area contributed by atoms with Gasteiger partial charge >= 0.3 is 0 Å². The molecule has 2 atom stereocenters. The van der Waals surface area contributed by atoms with E-state index in [0.717, 1.165) is 10.6 Å². The van der Waals surface area contributed by atoms with Crippen LogP contribution in [0.15, 0.2) is 23.1 Å². The van der Waals surface area contributed by atoms with Crippen molar-refractivity contribution in [2.45, 2.75) is 24.8 Å². The average Bonchev–Trinajstić information content (AvgIpc) is 2.37. The zero-order valence-corrected chi connectivity index (χ0v) is 11.7. The second-order valence-corrected chi connectivity index (χ2v) is 5.70. The highest BCUT2D eigenvalue weighted by Crippen LogP contribution is 2.33. The van der Waals surface area contributed by atoms with Gasteiger partial charge < -0.3 is 16.4 Å². The van der Waals surface area contributed by atoms with Crippen molar-refractivity contribution in [1.29, 1.82) is 0 Å². The summed E-state index contributed by atoms with van der Waals surface area (Å²) in [4.78, 5) is 24.2. The van der Waals surface area contributed by atoms with Crippen LogP contribution in [0, 0.1) is 5.92 Å². The lowest BCUT2D eigenvalue weighted by Crippen LogP contribution is -2.34. The van der Waals surface area contributed by atoms with E-state index >= 15 is 0 Å². The van der Waals surface area contributed by atoms with E-state index < -0.39 is 0 Å². The zero-order chi connectivity index (χ0) is 14.0. The van der Waals surface area contributed by atoms with Gasteiger partial charge in [-0.15, -0.1) is 11.8 Å². The minimum Gasteiger partial charge on any atom is -0.327 e. The Kier molecular flexibility index (Phi) is 4.11. The average molecular weight is 279 g/mol. The van der Waals surface area contributed by atoms with Crippen LogP contribution >= 0.6 is 11.8 Å². The normalized spacial score (nSPS) is 17.1. The van der Waals surface area contributed by atoms with Crippen LogP contribution in [0.25, 0.3) is 0 Å². The molecule has 2 amide bonds. The number of fused-ring (bicyclic) bond motifs is 1. The molecule has 0 bridgehead atoms. The van der Waals surface area contributed by atoms with E-state index in [1.165, 1.54) is 11.8 Å². The molecule has 4 N–H and O–H groups in total. The first-order chi connectivity index (χ1) is 8.97. The SMILES string of the molecule is CC(N)C(C)C(=O)Nc1ccc2c(c1)NC(=O)CS2. The van der Waals surface area contributed by atoms with E-state index in [1.807, 2.05) is 12.1 Å². The van der Waals surface area contributed by atoms with Gasteiger partial charge in [0.1, 0.15) is 0 Å². The fraction of sp³-hybridized carbons (Fsp3) is 0.385. The zero-order valence-electron chi connectivity index (χ0n) is 10.9. The minimum absolute atomic E-state index is 0.0232. The number of thioether (sulfide) groups is 1. The molecule has 2 rings (SSSR count). The molecular weight excluding hydrogens is 262 g/mol. The van der Waals surface area contributed by atoms with Crippen molar-refractivity contribution in [3.8, 4) is 0 Å². The Balaban J connectivity index is 2.12. The molecule has 0 fully saturated rings. The largest absolute Gasteiger partial charge is 0.327 e. The quantitative estimate of drug-likeness (QED) is 0.785. The maximum Gasteiger partial charge on any atom is 0.234 e. The van der Waals surface area contributed by atoms with E-state index in [9.17, 15) is 9.59 Å². The standard InChI is InChI=1S/C13H17N3O2S/c1-7(8(2)14)13(18)15-9-3-4-11-10(5-9)16-12(17)6-19-11/h3-5,7-8H,6,14H2,1-2H3,(H,15,18)(H,16,17). The predicted octanol–water partition coefficient (Wildman–Crippen LogP) is 1.65. The van der Waals surface area contributed by atoms with Gasteiger partial charge in [0.15, 0.2) is 0 Å². The van der Waals surface area contributed by atoms with Crippen molar-refractivity contribution in [2.75, 3.05) is 16.4 Å². The third-order valence-electron chi connectivity index (χ3n) is 3.08. The topological polar surface area (TPSA) is 84.2 Å². The van der Waals surface area contributed by atoms with Crippen LogP contribution in [0.5, 0.6) is 0 Å². The fourth-order valence-corrected chi connectivity index (χ4v) is 2.44. The maximum absolute atomic E-state index is 11.9. The van der Waals surface area contributed by atoms with Gasteiger partial charge in [0.2, 0.25) is 11.8 Å². The molecule has 0 aliphatic carbocycles. The molecule has 1 aromatic carbocycles. The number of nitrogens with one attached hydrogen (secondary N) is 2. The van der Waals surface area contributed by atoms with Gasteiger partial charge in [-0.25, -0.2) is 0 Å². The Morgan fingerprint density at radius 2 is 2.21 bits per heavy atom. The molecule has 1 aliphatic rings. The number of nitrogens with two attached hydrogens (primary N) is 1. The molecule has 1 heterocycles. The third kappa shape index (κ3) is 3.27. The van der Waals surface area contributed by atoms with Gasteiger partial charge in [-0.1, -0.05) is 6.92 Å². The predicted molar refractivity (Wildman–Crippen MR) is 77.2 cm³/mol. The lowest BCUT2D eigenvalue weighted by Gasteiger charge is -2.19. The van der Waals surface area contributed by atoms with Gasteiger partial charge in [0, 0.05) is 16.6 Å². The summed E-state index contributed by atoms with van der Waals surface area (Å²) in [6.07, 6.45) is 0. The Morgan fingerprint density at radius 1 is 1.47 bits per heavy atom. The van der Waals surface area contributed by atoms with Gasteiger partial charge in [0.05, 0.1) is 17.4 Å². The highest BCUT2D eigenvalue weighted by atomic mass is 32.2. The molecule has 1 aliphatic heterocycles. The highest BCUT2D eigenvalue weighted by Gasteiger charge is 2.19. The van der Waals surface area contributed by atoms with Crippen LogP contribution in [-0.2, 0) is 9.59 Å². The Morgan fingerprint density at radius 3 is 2.89 bits per heavy atom. The number of rotatable bonds is 3. The summed E-state index contributed by atoms with van der Waals surface area (Å²) in [5.74, 6) is 0.0233. The number of hydrogen-bond acceptors (Lipinski definition) is 4. The second kappa shape index (κ2) is 5.63. The number of carbonyl (C=O) groups excluding carboxylic acids is 2. The molecule has 5 nitrogen and oxygen atoms in total. The van der Waals surface area contributed by atoms with Crippen molar-refractivity contribution in [1.82, 2.24) is 0 Å². The van der Waals surface area contributed by atoms with E-state index in [4.69, 9.17) is 5.73 Å². The number of anilines is 2. The maximum atomic E-state index is 11.9. The second-order valence-electron chi connectivity index (χ2n) is 4.68. The first kappa shape index (κ1) is 13.9. The van der Waals surface area contributed by atoms with Crippen LogP contribution in [-0.4, -0.2) is 23.6 Å². The van der Waals surface area contributed by atoms with Crippen LogP contribution < -0.4 is 16.4 Å². The minimum atomic E-state index is -0.264. The molecule has 102 valence electrons. The summed E-state index contributed by atoms with van der Waals surface area (Å²) in [6, 6.07) is 5.29. The molecule has 0 saturated heterocycles. The third-order valence-corrected chi connectivity index (χ3v) is 4.16.